The smallest absolute Gasteiger partial charge is 0.0883 e. The molecule has 2 nitrogen and oxygen atoms in total. The summed E-state index contributed by atoms with van der Waals surface area (Å²) in [4.78, 5) is 0. The minimum Gasteiger partial charge on any atom is -0.372 e. The lowest BCUT2D eigenvalue weighted by Gasteiger charge is -2.41. The molecule has 2 fully saturated rings. The van der Waals surface area contributed by atoms with Gasteiger partial charge in [0, 0.05) is 5.92 Å². The van der Waals surface area contributed by atoms with Crippen LogP contribution >= 0.6 is 0 Å². The van der Waals surface area contributed by atoms with Gasteiger partial charge in [0.25, 0.3) is 0 Å². The molecule has 22 heavy (non-hydrogen) atoms. The quantitative estimate of drug-likeness (QED) is 0.902. The van der Waals surface area contributed by atoms with E-state index in [2.05, 4.69) is 66.0 Å². The standard InChI is InChI=1S/C20H23NO/c1-3-8-16(9-4-1)18-14-20(22-15-18)12-7-13-21-19(20)17-10-5-2-6-11-17/h1-6,8-11,18-19,21H,7,12-15H2/t18-,19-,20+/m0/s1. The van der Waals surface area contributed by atoms with Crippen LogP contribution in [0.4, 0.5) is 0 Å². The van der Waals surface area contributed by atoms with E-state index in [1.54, 1.807) is 0 Å². The predicted octanol–water partition coefficient (Wildman–Crippen LogP) is 4.05. The zero-order valence-corrected chi connectivity index (χ0v) is 12.9. The summed E-state index contributed by atoms with van der Waals surface area (Å²) in [6.07, 6.45) is 3.47. The molecule has 0 unspecified atom stereocenters. The maximum absolute atomic E-state index is 6.45. The first-order valence-corrected chi connectivity index (χ1v) is 8.35. The minimum absolute atomic E-state index is 0.0416. The Morgan fingerprint density at radius 2 is 1.59 bits per heavy atom. The van der Waals surface area contributed by atoms with Crippen molar-refractivity contribution in [3.05, 3.63) is 71.8 Å². The third-order valence-corrected chi connectivity index (χ3v) is 5.22. The molecule has 2 aliphatic rings. The van der Waals surface area contributed by atoms with Crippen LogP contribution in [0, 0.1) is 0 Å². The molecule has 2 aromatic rings. The summed E-state index contributed by atoms with van der Waals surface area (Å²) in [5, 5.41) is 3.72. The second-order valence-electron chi connectivity index (χ2n) is 6.59. The fourth-order valence-electron chi connectivity index (χ4n) is 4.15. The molecule has 0 radical (unpaired) electrons. The van der Waals surface area contributed by atoms with Gasteiger partial charge in [0.15, 0.2) is 0 Å². The summed E-state index contributed by atoms with van der Waals surface area (Å²) >= 11 is 0. The lowest BCUT2D eigenvalue weighted by Crippen LogP contribution is -2.48. The number of rotatable bonds is 2. The van der Waals surface area contributed by atoms with Crippen molar-refractivity contribution < 1.29 is 4.74 Å². The first-order chi connectivity index (χ1) is 10.9. The molecule has 4 rings (SSSR count). The number of ether oxygens (including phenoxy) is 1. The molecule has 1 N–H and O–H groups in total. The topological polar surface area (TPSA) is 21.3 Å². The van der Waals surface area contributed by atoms with Crippen molar-refractivity contribution in [1.29, 1.82) is 0 Å². The predicted molar refractivity (Wildman–Crippen MR) is 88.9 cm³/mol. The normalized spacial score (nSPS) is 31.5. The fraction of sp³-hybridized carbons (Fsp3) is 0.400. The fourth-order valence-corrected chi connectivity index (χ4v) is 4.15. The van der Waals surface area contributed by atoms with Crippen LogP contribution in [-0.2, 0) is 4.74 Å². The van der Waals surface area contributed by atoms with Crippen LogP contribution in [0.3, 0.4) is 0 Å². The van der Waals surface area contributed by atoms with Crippen molar-refractivity contribution in [2.75, 3.05) is 13.2 Å². The van der Waals surface area contributed by atoms with Crippen molar-refractivity contribution >= 4 is 0 Å². The molecule has 114 valence electrons. The SMILES string of the molecule is c1ccc([C@@H]2CO[C@]3(CCCN[C@H]3c3ccccc3)C2)cc1. The van der Waals surface area contributed by atoms with Crippen LogP contribution in [0.25, 0.3) is 0 Å². The first kappa shape index (κ1) is 14.0. The van der Waals surface area contributed by atoms with E-state index in [1.807, 2.05) is 0 Å². The van der Waals surface area contributed by atoms with Crippen LogP contribution < -0.4 is 5.32 Å². The van der Waals surface area contributed by atoms with Crippen molar-refractivity contribution in [3.63, 3.8) is 0 Å². The highest BCUT2D eigenvalue weighted by Gasteiger charge is 2.48. The van der Waals surface area contributed by atoms with Crippen LogP contribution in [0.5, 0.6) is 0 Å². The van der Waals surface area contributed by atoms with Gasteiger partial charge in [0.05, 0.1) is 18.2 Å². The monoisotopic (exact) mass is 293 g/mol. The van der Waals surface area contributed by atoms with E-state index >= 15 is 0 Å². The second-order valence-corrected chi connectivity index (χ2v) is 6.59. The number of benzene rings is 2. The molecule has 2 aliphatic heterocycles. The molecule has 0 bridgehead atoms. The number of nitrogens with one attached hydrogen (secondary N) is 1. The molecule has 2 heterocycles. The summed E-state index contributed by atoms with van der Waals surface area (Å²) in [6.45, 7) is 1.93. The van der Waals surface area contributed by atoms with E-state index in [0.29, 0.717) is 12.0 Å². The molecule has 2 saturated heterocycles. The lowest BCUT2D eigenvalue weighted by atomic mass is 9.77. The highest BCUT2D eigenvalue weighted by molar-refractivity contribution is 5.27. The first-order valence-electron chi connectivity index (χ1n) is 8.35. The summed E-state index contributed by atoms with van der Waals surface area (Å²) in [6, 6.07) is 21.9. The van der Waals surface area contributed by atoms with E-state index in [9.17, 15) is 0 Å². The van der Waals surface area contributed by atoms with Gasteiger partial charge in [-0.2, -0.15) is 0 Å². The highest BCUT2D eigenvalue weighted by atomic mass is 16.5. The number of piperidine rings is 1. The van der Waals surface area contributed by atoms with Crippen molar-refractivity contribution in [3.8, 4) is 0 Å². The summed E-state index contributed by atoms with van der Waals surface area (Å²) in [5.41, 5.74) is 2.73. The molecule has 0 aromatic heterocycles. The third kappa shape index (κ3) is 2.47. The van der Waals surface area contributed by atoms with Gasteiger partial charge in [0.2, 0.25) is 0 Å². The molecular weight excluding hydrogens is 270 g/mol. The molecule has 0 saturated carbocycles. The summed E-state index contributed by atoms with van der Waals surface area (Å²) < 4.78 is 6.45. The second kappa shape index (κ2) is 5.86. The highest BCUT2D eigenvalue weighted by Crippen LogP contribution is 2.48. The Morgan fingerprint density at radius 1 is 0.909 bits per heavy atom. The minimum atomic E-state index is -0.0416. The number of hydrogen-bond acceptors (Lipinski definition) is 2. The van der Waals surface area contributed by atoms with Crippen molar-refractivity contribution in [2.45, 2.75) is 36.8 Å². The van der Waals surface area contributed by atoms with E-state index in [-0.39, 0.29) is 5.60 Å². The molecule has 0 aliphatic carbocycles. The molecule has 2 heteroatoms. The van der Waals surface area contributed by atoms with Gasteiger partial charge in [-0.3, -0.25) is 0 Å². The van der Waals surface area contributed by atoms with Crippen LogP contribution in [0.2, 0.25) is 0 Å². The Hall–Kier alpha value is -1.64. The van der Waals surface area contributed by atoms with Crippen molar-refractivity contribution in [1.82, 2.24) is 5.32 Å². The van der Waals surface area contributed by atoms with Gasteiger partial charge in [-0.05, 0) is 36.9 Å². The van der Waals surface area contributed by atoms with E-state index < -0.39 is 0 Å². The average molecular weight is 293 g/mol. The maximum Gasteiger partial charge on any atom is 0.0883 e. The Bertz CT molecular complexity index is 612. The average Bonchev–Trinajstić information content (AvgIpc) is 3.01. The Labute approximate surface area is 132 Å². The maximum atomic E-state index is 6.45. The largest absolute Gasteiger partial charge is 0.372 e. The third-order valence-electron chi connectivity index (χ3n) is 5.22. The Morgan fingerprint density at radius 3 is 2.32 bits per heavy atom. The van der Waals surface area contributed by atoms with E-state index in [0.717, 1.165) is 26.0 Å². The van der Waals surface area contributed by atoms with Gasteiger partial charge < -0.3 is 10.1 Å². The molecular formula is C20H23NO. The zero-order valence-electron chi connectivity index (χ0n) is 12.9. The zero-order chi connectivity index (χ0) is 14.8. The van der Waals surface area contributed by atoms with Crippen LogP contribution in [-0.4, -0.2) is 18.8 Å². The van der Waals surface area contributed by atoms with E-state index in [4.69, 9.17) is 4.74 Å². The summed E-state index contributed by atoms with van der Waals surface area (Å²) in [7, 11) is 0. The summed E-state index contributed by atoms with van der Waals surface area (Å²) in [5.74, 6) is 0.521. The lowest BCUT2D eigenvalue weighted by molar-refractivity contribution is -0.0484. The van der Waals surface area contributed by atoms with Gasteiger partial charge >= 0.3 is 0 Å². The van der Waals surface area contributed by atoms with Gasteiger partial charge in [-0.1, -0.05) is 60.7 Å². The van der Waals surface area contributed by atoms with Crippen LogP contribution in [0.15, 0.2) is 60.7 Å². The molecule has 3 atom stereocenters. The van der Waals surface area contributed by atoms with Crippen molar-refractivity contribution in [2.24, 2.45) is 0 Å². The Kier molecular flexibility index (Phi) is 3.73. The Balaban J connectivity index is 1.62. The molecule has 1 spiro atoms. The van der Waals surface area contributed by atoms with Gasteiger partial charge in [-0.15, -0.1) is 0 Å². The number of hydrogen-bond donors (Lipinski definition) is 1. The van der Waals surface area contributed by atoms with Gasteiger partial charge in [-0.25, -0.2) is 0 Å². The molecule has 0 amide bonds. The van der Waals surface area contributed by atoms with Crippen LogP contribution in [0.1, 0.15) is 42.3 Å². The van der Waals surface area contributed by atoms with Gasteiger partial charge in [0.1, 0.15) is 0 Å². The van der Waals surface area contributed by atoms with E-state index in [1.165, 1.54) is 17.5 Å². The molecule has 2 aromatic carbocycles.